The number of halogens is 1. The van der Waals surface area contributed by atoms with Crippen LogP contribution < -0.4 is 69.1 Å². The number of carboxylic acid groups (broad SMARTS) is 1. The molecule has 0 aliphatic rings. The molecule has 0 aliphatic carbocycles. The number of benzene rings is 2. The number of carbonyl (C=O) groups is 1. The fourth-order valence-corrected chi connectivity index (χ4v) is 4.71. The van der Waals surface area contributed by atoms with Crippen molar-refractivity contribution in [3.8, 4) is 22.4 Å². The van der Waals surface area contributed by atoms with Crippen LogP contribution in [-0.2, 0) is 20.5 Å². The largest absolute Gasteiger partial charge is 1.00 e. The third-order valence-electron chi connectivity index (χ3n) is 5.17. The molecule has 0 saturated heterocycles. The first-order valence-electron chi connectivity index (χ1n) is 10.2. The first kappa shape index (κ1) is 32.1. The van der Waals surface area contributed by atoms with Gasteiger partial charge >= 0.3 is 59.1 Å². The summed E-state index contributed by atoms with van der Waals surface area (Å²) in [6, 6.07) is 15.3. The van der Waals surface area contributed by atoms with Crippen molar-refractivity contribution < 1.29 is 92.5 Å². The first-order chi connectivity index (χ1) is 15.6. The van der Waals surface area contributed by atoms with Gasteiger partial charge in [0, 0.05) is 35.4 Å². The van der Waals surface area contributed by atoms with Gasteiger partial charge in [0.05, 0.1) is 18.4 Å². The number of carbonyl (C=O) groups excluding carboxylic acids is 1. The molecule has 1 N–H and O–H groups in total. The predicted molar refractivity (Wildman–Crippen MR) is 117 cm³/mol. The number of aryl methyl sites for hydroxylation is 1. The maximum Gasteiger partial charge on any atom is 1.00 e. The van der Waals surface area contributed by atoms with Gasteiger partial charge in [0.15, 0.2) is 0 Å². The third-order valence-corrected chi connectivity index (χ3v) is 6.56. The second kappa shape index (κ2) is 14.1. The number of carboxylic acids is 1. The monoisotopic (exact) mass is 517 g/mol. The number of pyridine rings is 1. The number of rotatable bonds is 9. The van der Waals surface area contributed by atoms with Crippen molar-refractivity contribution in [2.75, 3.05) is 6.16 Å². The van der Waals surface area contributed by atoms with Crippen molar-refractivity contribution >= 4 is 13.6 Å². The van der Waals surface area contributed by atoms with Crippen LogP contribution in [0.25, 0.3) is 22.4 Å². The molecule has 0 amide bonds. The van der Waals surface area contributed by atoms with Crippen molar-refractivity contribution in [3.63, 3.8) is 0 Å². The van der Waals surface area contributed by atoms with Gasteiger partial charge in [-0.2, -0.15) is 0 Å². The Morgan fingerprint density at radius 2 is 1.69 bits per heavy atom. The van der Waals surface area contributed by atoms with Crippen LogP contribution in [0, 0.1) is 19.7 Å². The number of aliphatic hydroxyl groups excluding tert-OH is 1. The average molecular weight is 517 g/mol. The molecule has 3 aromatic rings. The van der Waals surface area contributed by atoms with Crippen LogP contribution in [0.15, 0.2) is 54.6 Å². The molecule has 35 heavy (non-hydrogen) atoms. The minimum Gasteiger partial charge on any atom is -0.778 e. The van der Waals surface area contributed by atoms with Gasteiger partial charge in [0.25, 0.3) is 0 Å². The Morgan fingerprint density at radius 3 is 2.26 bits per heavy atom. The van der Waals surface area contributed by atoms with E-state index in [4.69, 9.17) is 4.52 Å². The summed E-state index contributed by atoms with van der Waals surface area (Å²) in [5, 5.41) is 20.2. The van der Waals surface area contributed by atoms with Crippen LogP contribution >= 0.6 is 7.60 Å². The summed E-state index contributed by atoms with van der Waals surface area (Å²) < 4.78 is 31.0. The maximum absolute atomic E-state index is 13.6. The van der Waals surface area contributed by atoms with Crippen molar-refractivity contribution in [1.82, 2.24) is 4.98 Å². The van der Waals surface area contributed by atoms with E-state index >= 15 is 0 Å². The Morgan fingerprint density at radius 1 is 1.09 bits per heavy atom. The van der Waals surface area contributed by atoms with Gasteiger partial charge in [-0.15, -0.1) is 0 Å². The quantitative estimate of drug-likeness (QED) is 0.234. The number of aliphatic hydroxyl groups is 1. The number of aliphatic carboxylic acids is 1. The number of hydrogen-bond donors (Lipinski definition) is 1. The molecule has 3 rings (SSSR count). The van der Waals surface area contributed by atoms with Gasteiger partial charge in [0.2, 0.25) is 0 Å². The van der Waals surface area contributed by atoms with E-state index in [0.29, 0.717) is 28.1 Å². The molecule has 11 heteroatoms. The van der Waals surface area contributed by atoms with E-state index in [1.807, 2.05) is 37.3 Å². The summed E-state index contributed by atoms with van der Waals surface area (Å²) in [6.07, 6.45) is -3.32. The Balaban J connectivity index is 0.00000306. The molecule has 0 bridgehead atoms. The van der Waals surface area contributed by atoms with E-state index in [1.54, 1.807) is 19.1 Å². The summed E-state index contributed by atoms with van der Waals surface area (Å²) in [6.45, 7) is 3.19. The standard InChI is InChI=1S/C24H25FNO6P.2Na/c1-15-23(17-8-10-19(25)11-9-17)21(13-32-33(30,31)14-20(27)12-22(28)29)16(2)26-24(15)18-6-4-3-5-7-18;;/h3-11,20,27H,12-14H2,1-2H3,(H,28,29)(H,30,31);;/q;2*+1/p-2/t20-;;/m1../s1. The Hall–Kier alpha value is -0.900. The zero-order chi connectivity index (χ0) is 24.2. The number of nitrogens with zero attached hydrogens (tertiary/aromatic N) is 1. The molecular weight excluding hydrogens is 494 g/mol. The van der Waals surface area contributed by atoms with Gasteiger partial charge in [-0.3, -0.25) is 4.98 Å². The normalized spacial score (nSPS) is 13.2. The van der Waals surface area contributed by atoms with Crippen molar-refractivity contribution in [1.29, 1.82) is 0 Å². The molecule has 0 aliphatic heterocycles. The van der Waals surface area contributed by atoms with Gasteiger partial charge in [-0.05, 0) is 42.7 Å². The van der Waals surface area contributed by atoms with Crippen LogP contribution in [0.4, 0.5) is 4.39 Å². The van der Waals surface area contributed by atoms with Crippen LogP contribution in [0.5, 0.6) is 0 Å². The molecular formula is C24H23FNNa2O6P. The fourth-order valence-electron chi connectivity index (χ4n) is 3.64. The Bertz CT molecular complexity index is 1190. The van der Waals surface area contributed by atoms with E-state index in [1.165, 1.54) is 12.1 Å². The molecule has 1 unspecified atom stereocenters. The molecule has 174 valence electrons. The van der Waals surface area contributed by atoms with Crippen LogP contribution in [0.1, 0.15) is 23.2 Å². The summed E-state index contributed by atoms with van der Waals surface area (Å²) in [5.41, 5.74) is 4.66. The van der Waals surface area contributed by atoms with E-state index < -0.39 is 38.1 Å². The molecule has 1 heterocycles. The van der Waals surface area contributed by atoms with Crippen LogP contribution in [0.3, 0.4) is 0 Å². The number of aromatic nitrogens is 1. The average Bonchev–Trinajstić information content (AvgIpc) is 2.74. The van der Waals surface area contributed by atoms with E-state index in [9.17, 15) is 28.9 Å². The Labute approximate surface area is 247 Å². The minimum atomic E-state index is -4.57. The van der Waals surface area contributed by atoms with Crippen molar-refractivity contribution in [3.05, 3.63) is 77.2 Å². The van der Waals surface area contributed by atoms with Crippen LogP contribution in [-0.4, -0.2) is 28.3 Å². The van der Waals surface area contributed by atoms with Gasteiger partial charge in [0.1, 0.15) is 13.4 Å². The molecule has 0 spiro atoms. The van der Waals surface area contributed by atoms with Crippen molar-refractivity contribution in [2.45, 2.75) is 33.0 Å². The van der Waals surface area contributed by atoms with Gasteiger partial charge < -0.3 is 29.0 Å². The molecule has 0 radical (unpaired) electrons. The van der Waals surface area contributed by atoms with E-state index in [2.05, 4.69) is 4.98 Å². The first-order valence-corrected chi connectivity index (χ1v) is 11.9. The molecule has 1 aromatic heterocycles. The van der Waals surface area contributed by atoms with E-state index in [-0.39, 0.29) is 65.7 Å². The molecule has 0 fully saturated rings. The summed E-state index contributed by atoms with van der Waals surface area (Å²) in [5.74, 6) is -1.97. The zero-order valence-electron chi connectivity index (χ0n) is 20.2. The third kappa shape index (κ3) is 8.86. The predicted octanol–water partition coefficient (Wildman–Crippen LogP) is -3.25. The smallest absolute Gasteiger partial charge is 0.778 e. The summed E-state index contributed by atoms with van der Waals surface area (Å²) >= 11 is 0. The number of hydrogen-bond acceptors (Lipinski definition) is 7. The SMILES string of the molecule is Cc1nc(-c2ccccc2)c(C)c(-c2ccc(F)cc2)c1COP(=O)([O-])C[C@H](O)CC(=O)[O-].[Na+].[Na+]. The molecule has 2 aromatic carbocycles. The fraction of sp³-hybridized carbons (Fsp3) is 0.250. The summed E-state index contributed by atoms with van der Waals surface area (Å²) in [4.78, 5) is 27.6. The van der Waals surface area contributed by atoms with Crippen molar-refractivity contribution in [2.24, 2.45) is 0 Å². The molecule has 7 nitrogen and oxygen atoms in total. The van der Waals surface area contributed by atoms with E-state index in [0.717, 1.165) is 11.1 Å². The molecule has 0 saturated carbocycles. The maximum atomic E-state index is 13.6. The second-order valence-electron chi connectivity index (χ2n) is 7.69. The Kier molecular flexibility index (Phi) is 13.0. The topological polar surface area (TPSA) is 123 Å². The minimum absolute atomic E-state index is 0. The molecule has 2 atom stereocenters. The van der Waals surface area contributed by atoms with Crippen LogP contribution in [0.2, 0.25) is 0 Å². The second-order valence-corrected chi connectivity index (χ2v) is 9.54. The zero-order valence-corrected chi connectivity index (χ0v) is 25.1. The van der Waals surface area contributed by atoms with Gasteiger partial charge in [-0.25, -0.2) is 4.39 Å². The summed E-state index contributed by atoms with van der Waals surface area (Å²) in [7, 11) is -4.57. The van der Waals surface area contributed by atoms with Gasteiger partial charge in [-0.1, -0.05) is 42.5 Å².